The monoisotopic (exact) mass is 324 g/mol. The minimum absolute atomic E-state index is 0.0427. The summed E-state index contributed by atoms with van der Waals surface area (Å²) >= 11 is 6.22. The average Bonchev–Trinajstić information content (AvgIpc) is 2.59. The number of methoxy groups -OCH3 is 1. The predicted octanol–water partition coefficient (Wildman–Crippen LogP) is 4.26. The third kappa shape index (κ3) is 2.67. The van der Waals surface area contributed by atoms with E-state index in [1.54, 1.807) is 11.7 Å². The summed E-state index contributed by atoms with van der Waals surface area (Å²) in [6, 6.07) is 14.8. The van der Waals surface area contributed by atoms with Gasteiger partial charge in [0.15, 0.2) is 0 Å². The molecule has 0 unspecified atom stereocenters. The topological polar surface area (TPSA) is 35.6 Å². The van der Waals surface area contributed by atoms with Crippen molar-refractivity contribution in [2.24, 2.45) is 0 Å². The van der Waals surface area contributed by atoms with Gasteiger partial charge in [0.2, 0.25) is 0 Å². The maximum absolute atomic E-state index is 12.6. The van der Waals surface area contributed by atoms with Crippen LogP contribution in [0.2, 0.25) is 5.02 Å². The van der Waals surface area contributed by atoms with Crippen molar-refractivity contribution in [2.45, 2.75) is 6.54 Å². The minimum Gasteiger partial charge on any atom is -0.497 e. The second-order valence-electron chi connectivity index (χ2n) is 5.03. The normalized spacial score (nSPS) is 10.5. The largest absolute Gasteiger partial charge is 0.497 e. The number of hydrogen-bond acceptors (Lipinski definition) is 2. The molecule has 114 valence electrons. The Morgan fingerprint density at radius 3 is 2.52 bits per heavy atom. The van der Waals surface area contributed by atoms with Gasteiger partial charge in [-0.1, -0.05) is 41.9 Å². The van der Waals surface area contributed by atoms with Crippen LogP contribution >= 0.6 is 11.6 Å². The second kappa shape index (κ2) is 6.15. The first kappa shape index (κ1) is 15.1. The molecule has 0 radical (unpaired) electrons. The molecule has 0 aliphatic carbocycles. The highest BCUT2D eigenvalue weighted by Crippen LogP contribution is 2.30. The van der Waals surface area contributed by atoms with Crippen molar-refractivity contribution in [1.82, 2.24) is 4.57 Å². The molecule has 3 rings (SSSR count). The van der Waals surface area contributed by atoms with Crippen molar-refractivity contribution in [2.75, 3.05) is 7.11 Å². The number of rotatable bonds is 3. The Kier molecular flexibility index (Phi) is 4.05. The van der Waals surface area contributed by atoms with E-state index in [4.69, 9.17) is 22.9 Å². The Morgan fingerprint density at radius 1 is 1.17 bits per heavy atom. The number of halogens is 1. The SMILES string of the molecule is [C-]#[N+]c1c(Cl)c2ccccc2n(Cc2ccc(OC)cc2)c1=O. The van der Waals surface area contributed by atoms with Gasteiger partial charge in [-0.05, 0) is 23.8 Å². The van der Waals surface area contributed by atoms with Crippen LogP contribution in [0.15, 0.2) is 53.3 Å². The third-order valence-corrected chi connectivity index (χ3v) is 4.08. The van der Waals surface area contributed by atoms with Gasteiger partial charge in [-0.25, -0.2) is 4.85 Å². The molecule has 0 spiro atoms. The summed E-state index contributed by atoms with van der Waals surface area (Å²) in [5, 5.41) is 0.917. The number of hydrogen-bond donors (Lipinski definition) is 0. The maximum atomic E-state index is 12.6. The molecular weight excluding hydrogens is 312 g/mol. The number of aromatic nitrogens is 1. The molecular formula is C18H13ClN2O2. The summed E-state index contributed by atoms with van der Waals surface area (Å²) in [4.78, 5) is 15.9. The van der Waals surface area contributed by atoms with Crippen LogP contribution in [0, 0.1) is 6.57 Å². The van der Waals surface area contributed by atoms with Gasteiger partial charge in [0, 0.05) is 11.9 Å². The van der Waals surface area contributed by atoms with Crippen LogP contribution in [-0.4, -0.2) is 11.7 Å². The lowest BCUT2D eigenvalue weighted by Crippen LogP contribution is -2.21. The first-order valence-corrected chi connectivity index (χ1v) is 7.35. The van der Waals surface area contributed by atoms with Crippen molar-refractivity contribution < 1.29 is 4.74 Å². The van der Waals surface area contributed by atoms with Gasteiger partial charge in [-0.2, -0.15) is 0 Å². The van der Waals surface area contributed by atoms with Crippen LogP contribution < -0.4 is 10.3 Å². The maximum Gasteiger partial charge on any atom is 0.269 e. The van der Waals surface area contributed by atoms with Gasteiger partial charge in [0.25, 0.3) is 11.2 Å². The van der Waals surface area contributed by atoms with E-state index < -0.39 is 0 Å². The summed E-state index contributed by atoms with van der Waals surface area (Å²) < 4.78 is 6.72. The smallest absolute Gasteiger partial charge is 0.269 e. The molecule has 3 aromatic rings. The van der Waals surface area contributed by atoms with Crippen molar-refractivity contribution in [3.63, 3.8) is 0 Å². The molecule has 0 saturated heterocycles. The fourth-order valence-electron chi connectivity index (χ4n) is 2.52. The molecule has 5 heteroatoms. The summed E-state index contributed by atoms with van der Waals surface area (Å²) in [5.41, 5.74) is 1.24. The third-order valence-electron chi connectivity index (χ3n) is 3.70. The van der Waals surface area contributed by atoms with Gasteiger partial charge < -0.3 is 9.30 Å². The van der Waals surface area contributed by atoms with Crippen molar-refractivity contribution in [1.29, 1.82) is 0 Å². The Balaban J connectivity index is 2.20. The molecule has 0 fully saturated rings. The zero-order valence-corrected chi connectivity index (χ0v) is 13.2. The van der Waals surface area contributed by atoms with E-state index in [0.717, 1.165) is 11.3 Å². The van der Waals surface area contributed by atoms with Crippen molar-refractivity contribution >= 4 is 28.2 Å². The highest BCUT2D eigenvalue weighted by Gasteiger charge is 2.15. The highest BCUT2D eigenvalue weighted by molar-refractivity contribution is 6.38. The molecule has 23 heavy (non-hydrogen) atoms. The van der Waals surface area contributed by atoms with E-state index in [9.17, 15) is 4.79 Å². The summed E-state index contributed by atoms with van der Waals surface area (Å²) in [7, 11) is 1.61. The van der Waals surface area contributed by atoms with Crippen LogP contribution in [0.3, 0.4) is 0 Å². The number of pyridine rings is 1. The average molecular weight is 325 g/mol. The van der Waals surface area contributed by atoms with Gasteiger partial charge in [-0.15, -0.1) is 0 Å². The Hall–Kier alpha value is -2.77. The van der Waals surface area contributed by atoms with Crippen LogP contribution in [0.25, 0.3) is 15.7 Å². The summed E-state index contributed by atoms with van der Waals surface area (Å²) in [6.45, 7) is 7.60. The van der Waals surface area contributed by atoms with Gasteiger partial charge >= 0.3 is 0 Å². The fraction of sp³-hybridized carbons (Fsp3) is 0.111. The lowest BCUT2D eigenvalue weighted by molar-refractivity contribution is 0.414. The number of nitrogens with zero attached hydrogens (tertiary/aromatic N) is 2. The molecule has 1 heterocycles. The molecule has 0 atom stereocenters. The zero-order chi connectivity index (χ0) is 16.4. The van der Waals surface area contributed by atoms with Gasteiger partial charge in [-0.3, -0.25) is 4.79 Å². The van der Waals surface area contributed by atoms with Crippen LogP contribution in [-0.2, 0) is 6.54 Å². The fourth-order valence-corrected chi connectivity index (χ4v) is 2.80. The molecule has 0 amide bonds. The van der Waals surface area contributed by atoms with Gasteiger partial charge in [0.05, 0.1) is 24.2 Å². The lowest BCUT2D eigenvalue weighted by atomic mass is 10.1. The summed E-state index contributed by atoms with van der Waals surface area (Å²) in [5.74, 6) is 0.754. The van der Waals surface area contributed by atoms with Crippen LogP contribution in [0.1, 0.15) is 5.56 Å². The quantitative estimate of drug-likeness (QED) is 0.675. The standard InChI is InChI=1S/C18H13ClN2O2/c1-20-17-16(19)14-5-3-4-6-15(14)21(18(17)22)11-12-7-9-13(23-2)10-8-12/h3-10H,11H2,2H3. The molecule has 0 saturated carbocycles. The number of ether oxygens (including phenoxy) is 1. The van der Waals surface area contributed by atoms with E-state index in [0.29, 0.717) is 17.4 Å². The van der Waals surface area contributed by atoms with E-state index >= 15 is 0 Å². The number of benzene rings is 2. The van der Waals surface area contributed by atoms with E-state index in [2.05, 4.69) is 4.85 Å². The Labute approximate surface area is 138 Å². The Bertz CT molecular complexity index is 969. The molecule has 4 nitrogen and oxygen atoms in total. The van der Waals surface area contributed by atoms with E-state index in [1.807, 2.05) is 48.5 Å². The Morgan fingerprint density at radius 2 is 1.87 bits per heavy atom. The summed E-state index contributed by atoms with van der Waals surface area (Å²) in [6.07, 6.45) is 0. The molecule has 0 bridgehead atoms. The van der Waals surface area contributed by atoms with Crippen LogP contribution in [0.5, 0.6) is 5.75 Å². The first-order chi connectivity index (χ1) is 11.2. The lowest BCUT2D eigenvalue weighted by Gasteiger charge is -2.13. The molecule has 2 aromatic carbocycles. The minimum atomic E-state index is -0.375. The number of para-hydroxylation sites is 1. The molecule has 0 aliphatic heterocycles. The predicted molar refractivity (Wildman–Crippen MR) is 91.6 cm³/mol. The number of fused-ring (bicyclic) bond motifs is 1. The molecule has 1 aromatic heterocycles. The first-order valence-electron chi connectivity index (χ1n) is 6.97. The second-order valence-corrected chi connectivity index (χ2v) is 5.41. The van der Waals surface area contributed by atoms with E-state index in [1.165, 1.54) is 0 Å². The zero-order valence-electron chi connectivity index (χ0n) is 12.4. The highest BCUT2D eigenvalue weighted by atomic mass is 35.5. The van der Waals surface area contributed by atoms with Crippen molar-refractivity contribution in [3.8, 4) is 5.75 Å². The van der Waals surface area contributed by atoms with Crippen LogP contribution in [0.4, 0.5) is 5.69 Å². The molecule has 0 N–H and O–H groups in total. The van der Waals surface area contributed by atoms with Gasteiger partial charge in [0.1, 0.15) is 5.75 Å². The molecule has 0 aliphatic rings. The van der Waals surface area contributed by atoms with E-state index in [-0.39, 0.29) is 16.3 Å². The van der Waals surface area contributed by atoms with Crippen molar-refractivity contribution in [3.05, 3.63) is 80.9 Å².